The minimum absolute atomic E-state index is 0.0439. The molecule has 0 saturated carbocycles. The number of rotatable bonds is 3. The maximum Gasteiger partial charge on any atom is 0.292 e. The van der Waals surface area contributed by atoms with Crippen LogP contribution in [-0.2, 0) is 4.74 Å². The molecule has 0 aliphatic carbocycles. The van der Waals surface area contributed by atoms with Gasteiger partial charge in [0.25, 0.3) is 5.69 Å². The van der Waals surface area contributed by atoms with E-state index in [0.29, 0.717) is 30.9 Å². The molecule has 1 aromatic rings. The van der Waals surface area contributed by atoms with E-state index < -0.39 is 4.92 Å². The SMILES string of the molecule is N#Cc1ccc([N+](=O)[O-])c(N2CCOC(CO)C2)c1. The lowest BCUT2D eigenvalue weighted by atomic mass is 10.1. The van der Waals surface area contributed by atoms with Gasteiger partial charge < -0.3 is 14.7 Å². The van der Waals surface area contributed by atoms with Gasteiger partial charge in [0.05, 0.1) is 35.9 Å². The molecule has 0 aromatic heterocycles. The van der Waals surface area contributed by atoms with Gasteiger partial charge in [-0.25, -0.2) is 0 Å². The fraction of sp³-hybridized carbons (Fsp3) is 0.417. The maximum atomic E-state index is 11.0. The summed E-state index contributed by atoms with van der Waals surface area (Å²) < 4.78 is 5.31. The van der Waals surface area contributed by atoms with Crippen LogP contribution in [0.2, 0.25) is 0 Å². The first-order chi connectivity index (χ1) is 9.15. The number of ether oxygens (including phenoxy) is 1. The van der Waals surface area contributed by atoms with Gasteiger partial charge in [0.15, 0.2) is 0 Å². The molecule has 100 valence electrons. The van der Waals surface area contributed by atoms with Crippen LogP contribution in [0.25, 0.3) is 0 Å². The van der Waals surface area contributed by atoms with E-state index in [4.69, 9.17) is 15.1 Å². The summed E-state index contributed by atoms with van der Waals surface area (Å²) in [5, 5.41) is 29.0. The smallest absolute Gasteiger partial charge is 0.292 e. The average molecular weight is 263 g/mol. The van der Waals surface area contributed by atoms with Gasteiger partial charge in [0.2, 0.25) is 0 Å². The lowest BCUT2D eigenvalue weighted by Gasteiger charge is -2.33. The predicted octanol–water partition coefficient (Wildman–Crippen LogP) is 0.664. The van der Waals surface area contributed by atoms with E-state index in [2.05, 4.69) is 0 Å². The Morgan fingerprint density at radius 3 is 3.05 bits per heavy atom. The van der Waals surface area contributed by atoms with Crippen LogP contribution in [-0.4, -0.2) is 42.4 Å². The van der Waals surface area contributed by atoms with Crippen molar-refractivity contribution >= 4 is 11.4 Å². The molecule has 1 N–H and O–H groups in total. The van der Waals surface area contributed by atoms with E-state index in [1.54, 1.807) is 4.90 Å². The lowest BCUT2D eigenvalue weighted by molar-refractivity contribution is -0.384. The Balaban J connectivity index is 2.36. The number of anilines is 1. The van der Waals surface area contributed by atoms with Crippen LogP contribution >= 0.6 is 0 Å². The minimum Gasteiger partial charge on any atom is -0.394 e. The Kier molecular flexibility index (Phi) is 3.94. The van der Waals surface area contributed by atoms with Gasteiger partial charge in [0.1, 0.15) is 5.69 Å². The number of aliphatic hydroxyl groups excluding tert-OH is 1. The quantitative estimate of drug-likeness (QED) is 0.635. The Morgan fingerprint density at radius 1 is 1.63 bits per heavy atom. The fourth-order valence-corrected chi connectivity index (χ4v) is 2.05. The molecule has 19 heavy (non-hydrogen) atoms. The summed E-state index contributed by atoms with van der Waals surface area (Å²) in [6.07, 6.45) is -0.362. The highest BCUT2D eigenvalue weighted by Crippen LogP contribution is 2.30. The molecule has 0 spiro atoms. The zero-order valence-electron chi connectivity index (χ0n) is 10.2. The van der Waals surface area contributed by atoms with Gasteiger partial charge in [0, 0.05) is 19.2 Å². The summed E-state index contributed by atoms with van der Waals surface area (Å²) in [6.45, 7) is 1.11. The second kappa shape index (κ2) is 5.65. The normalized spacial score (nSPS) is 18.9. The highest BCUT2D eigenvalue weighted by Gasteiger charge is 2.25. The standard InChI is InChI=1S/C12H13N3O4/c13-6-9-1-2-11(15(17)18)12(5-9)14-3-4-19-10(7-14)8-16/h1-2,5,10,16H,3-4,7-8H2. The van der Waals surface area contributed by atoms with Crippen molar-refractivity contribution in [2.45, 2.75) is 6.10 Å². The number of nitro groups is 1. The number of nitriles is 1. The summed E-state index contributed by atoms with van der Waals surface area (Å²) in [7, 11) is 0. The van der Waals surface area contributed by atoms with Crippen molar-refractivity contribution in [3.63, 3.8) is 0 Å². The molecule has 1 fully saturated rings. The van der Waals surface area contributed by atoms with Crippen molar-refractivity contribution in [3.05, 3.63) is 33.9 Å². The average Bonchev–Trinajstić information content (AvgIpc) is 2.46. The van der Waals surface area contributed by atoms with Gasteiger partial charge in [-0.2, -0.15) is 5.26 Å². The Hall–Kier alpha value is -2.17. The van der Waals surface area contributed by atoms with Crippen molar-refractivity contribution in [3.8, 4) is 6.07 Å². The van der Waals surface area contributed by atoms with Crippen molar-refractivity contribution < 1.29 is 14.8 Å². The molecule has 1 aliphatic rings. The topological polar surface area (TPSA) is 99.6 Å². The maximum absolute atomic E-state index is 11.0. The monoisotopic (exact) mass is 263 g/mol. The Morgan fingerprint density at radius 2 is 2.42 bits per heavy atom. The molecule has 7 heteroatoms. The van der Waals surface area contributed by atoms with Crippen LogP contribution in [0.3, 0.4) is 0 Å². The second-order valence-electron chi connectivity index (χ2n) is 4.19. The van der Waals surface area contributed by atoms with Crippen molar-refractivity contribution in [1.29, 1.82) is 5.26 Å². The predicted molar refractivity (Wildman–Crippen MR) is 66.9 cm³/mol. The Bertz CT molecular complexity index is 526. The van der Waals surface area contributed by atoms with E-state index in [0.717, 1.165) is 0 Å². The molecule has 1 aliphatic heterocycles. The summed E-state index contributed by atoms with van der Waals surface area (Å²) in [4.78, 5) is 12.3. The first-order valence-corrected chi connectivity index (χ1v) is 5.81. The molecular weight excluding hydrogens is 250 g/mol. The van der Waals surface area contributed by atoms with Crippen LogP contribution < -0.4 is 4.90 Å². The zero-order valence-corrected chi connectivity index (χ0v) is 10.2. The first kappa shape index (κ1) is 13.3. The summed E-state index contributed by atoms with van der Waals surface area (Å²) in [6, 6.07) is 6.22. The van der Waals surface area contributed by atoms with Gasteiger partial charge in [-0.3, -0.25) is 10.1 Å². The van der Waals surface area contributed by atoms with E-state index in [-0.39, 0.29) is 18.4 Å². The lowest BCUT2D eigenvalue weighted by Crippen LogP contribution is -2.44. The number of nitro benzene ring substituents is 1. The van der Waals surface area contributed by atoms with E-state index in [1.807, 2.05) is 6.07 Å². The molecule has 0 radical (unpaired) electrons. The van der Waals surface area contributed by atoms with Gasteiger partial charge >= 0.3 is 0 Å². The first-order valence-electron chi connectivity index (χ1n) is 5.81. The number of aliphatic hydroxyl groups is 1. The molecule has 7 nitrogen and oxygen atoms in total. The molecule has 1 atom stereocenters. The number of morpholine rings is 1. The fourth-order valence-electron chi connectivity index (χ4n) is 2.05. The van der Waals surface area contributed by atoms with Crippen molar-refractivity contribution in [1.82, 2.24) is 0 Å². The minimum atomic E-state index is -0.472. The summed E-state index contributed by atoms with van der Waals surface area (Å²) >= 11 is 0. The number of hydrogen-bond donors (Lipinski definition) is 1. The third-order valence-corrected chi connectivity index (χ3v) is 2.98. The third kappa shape index (κ3) is 2.81. The van der Waals surface area contributed by atoms with Crippen LogP contribution in [0.5, 0.6) is 0 Å². The summed E-state index contributed by atoms with van der Waals surface area (Å²) in [5.74, 6) is 0. The molecule has 1 aromatic carbocycles. The number of nitrogens with zero attached hydrogens (tertiary/aromatic N) is 3. The number of hydrogen-bond acceptors (Lipinski definition) is 6. The van der Waals surface area contributed by atoms with E-state index in [9.17, 15) is 10.1 Å². The Labute approximate surface area is 109 Å². The van der Waals surface area contributed by atoms with Gasteiger partial charge in [-0.05, 0) is 12.1 Å². The molecule has 1 saturated heterocycles. The molecule has 1 heterocycles. The van der Waals surface area contributed by atoms with E-state index in [1.165, 1.54) is 18.2 Å². The molecular formula is C12H13N3O4. The molecule has 0 amide bonds. The van der Waals surface area contributed by atoms with Gasteiger partial charge in [-0.15, -0.1) is 0 Å². The largest absolute Gasteiger partial charge is 0.394 e. The van der Waals surface area contributed by atoms with Crippen LogP contribution in [0.4, 0.5) is 11.4 Å². The van der Waals surface area contributed by atoms with Crippen LogP contribution in [0.1, 0.15) is 5.56 Å². The molecule has 2 rings (SSSR count). The molecule has 1 unspecified atom stereocenters. The number of benzene rings is 1. The van der Waals surface area contributed by atoms with Crippen LogP contribution in [0, 0.1) is 21.4 Å². The highest BCUT2D eigenvalue weighted by atomic mass is 16.6. The van der Waals surface area contributed by atoms with Crippen molar-refractivity contribution in [2.75, 3.05) is 31.2 Å². The zero-order chi connectivity index (χ0) is 13.8. The van der Waals surface area contributed by atoms with E-state index >= 15 is 0 Å². The van der Waals surface area contributed by atoms with Crippen molar-refractivity contribution in [2.24, 2.45) is 0 Å². The van der Waals surface area contributed by atoms with Crippen LogP contribution in [0.15, 0.2) is 18.2 Å². The van der Waals surface area contributed by atoms with Gasteiger partial charge in [-0.1, -0.05) is 0 Å². The molecule has 0 bridgehead atoms. The second-order valence-corrected chi connectivity index (χ2v) is 4.19. The highest BCUT2D eigenvalue weighted by molar-refractivity contribution is 5.66. The summed E-state index contributed by atoms with van der Waals surface area (Å²) in [5.41, 5.74) is 0.719. The third-order valence-electron chi connectivity index (χ3n) is 2.98.